The first kappa shape index (κ1) is 13.9. The minimum Gasteiger partial charge on any atom is -0.328 e. The van der Waals surface area contributed by atoms with E-state index in [1.165, 1.54) is 0 Å². The van der Waals surface area contributed by atoms with Crippen molar-refractivity contribution in [3.05, 3.63) is 34.1 Å². The predicted octanol–water partition coefficient (Wildman–Crippen LogP) is 3.76. The van der Waals surface area contributed by atoms with Gasteiger partial charge in [-0.25, -0.2) is 4.98 Å². The second kappa shape index (κ2) is 5.72. The van der Waals surface area contributed by atoms with Crippen molar-refractivity contribution < 1.29 is 0 Å². The number of nitrogens with one attached hydrogen (secondary N) is 1. The summed E-state index contributed by atoms with van der Waals surface area (Å²) in [5, 5.41) is 8.49. The minimum absolute atomic E-state index is 0.334. The number of aromatic amines is 1. The Bertz CT molecular complexity index is 583. The van der Waals surface area contributed by atoms with Crippen LogP contribution < -0.4 is 5.73 Å². The maximum atomic E-state index is 6.01. The van der Waals surface area contributed by atoms with E-state index in [0.717, 1.165) is 37.1 Å². The van der Waals surface area contributed by atoms with Crippen LogP contribution in [0.5, 0.6) is 0 Å². The molecule has 1 aliphatic carbocycles. The van der Waals surface area contributed by atoms with Gasteiger partial charge in [-0.15, -0.1) is 0 Å². The third-order valence-corrected chi connectivity index (χ3v) is 4.22. The van der Waals surface area contributed by atoms with E-state index < -0.39 is 0 Å². The molecule has 0 radical (unpaired) electrons. The number of rotatable bonds is 2. The fourth-order valence-corrected chi connectivity index (χ4v) is 3.19. The van der Waals surface area contributed by atoms with Gasteiger partial charge in [-0.1, -0.05) is 23.2 Å². The first-order valence-electron chi connectivity index (χ1n) is 6.76. The largest absolute Gasteiger partial charge is 0.328 e. The molecule has 106 valence electrons. The maximum Gasteiger partial charge on any atom is 0.181 e. The van der Waals surface area contributed by atoms with E-state index in [2.05, 4.69) is 15.2 Å². The van der Waals surface area contributed by atoms with E-state index in [0.29, 0.717) is 27.8 Å². The standard InChI is InChI=1S/C14H16Cl2N4/c15-10-5-9(6-11(16)7-10)14-18-13(19-20-14)8-1-3-12(17)4-2-8/h5-8,12H,1-4,17H2,(H,18,19,20). The molecule has 3 N–H and O–H groups in total. The topological polar surface area (TPSA) is 67.6 Å². The van der Waals surface area contributed by atoms with Gasteiger partial charge in [0, 0.05) is 27.6 Å². The van der Waals surface area contributed by atoms with E-state index in [-0.39, 0.29) is 0 Å². The van der Waals surface area contributed by atoms with Crippen LogP contribution in [-0.2, 0) is 0 Å². The third-order valence-electron chi connectivity index (χ3n) is 3.78. The molecule has 6 heteroatoms. The van der Waals surface area contributed by atoms with Gasteiger partial charge in [0.05, 0.1) is 0 Å². The summed E-state index contributed by atoms with van der Waals surface area (Å²) < 4.78 is 0. The molecule has 2 aromatic rings. The van der Waals surface area contributed by atoms with Gasteiger partial charge in [0.2, 0.25) is 0 Å². The van der Waals surface area contributed by atoms with Crippen LogP contribution in [0.1, 0.15) is 37.4 Å². The first-order valence-corrected chi connectivity index (χ1v) is 7.52. The van der Waals surface area contributed by atoms with E-state index in [9.17, 15) is 0 Å². The van der Waals surface area contributed by atoms with Crippen molar-refractivity contribution >= 4 is 23.2 Å². The number of H-pyrrole nitrogens is 1. The van der Waals surface area contributed by atoms with Gasteiger partial charge in [0.25, 0.3) is 0 Å². The molecule has 0 bridgehead atoms. The summed E-state index contributed by atoms with van der Waals surface area (Å²) in [5.74, 6) is 1.99. The van der Waals surface area contributed by atoms with Crippen molar-refractivity contribution in [1.29, 1.82) is 0 Å². The van der Waals surface area contributed by atoms with Crippen molar-refractivity contribution in [3.63, 3.8) is 0 Å². The summed E-state index contributed by atoms with van der Waals surface area (Å²) in [5.41, 5.74) is 6.76. The predicted molar refractivity (Wildman–Crippen MR) is 81.0 cm³/mol. The molecule has 1 aromatic carbocycles. The van der Waals surface area contributed by atoms with Gasteiger partial charge in [-0.3, -0.25) is 5.10 Å². The lowest BCUT2D eigenvalue weighted by Crippen LogP contribution is -2.26. The highest BCUT2D eigenvalue weighted by atomic mass is 35.5. The SMILES string of the molecule is NC1CCC(c2nc(-c3cc(Cl)cc(Cl)c3)n[nH]2)CC1. The molecule has 20 heavy (non-hydrogen) atoms. The van der Waals surface area contributed by atoms with Crippen molar-refractivity contribution in [1.82, 2.24) is 15.2 Å². The Morgan fingerprint density at radius 1 is 1.05 bits per heavy atom. The first-order chi connectivity index (χ1) is 9.61. The molecular weight excluding hydrogens is 295 g/mol. The summed E-state index contributed by atoms with van der Waals surface area (Å²) in [7, 11) is 0. The van der Waals surface area contributed by atoms with E-state index >= 15 is 0 Å². The monoisotopic (exact) mass is 310 g/mol. The van der Waals surface area contributed by atoms with Crippen molar-refractivity contribution in [2.45, 2.75) is 37.6 Å². The number of benzene rings is 1. The van der Waals surface area contributed by atoms with Crippen LogP contribution in [-0.4, -0.2) is 21.2 Å². The van der Waals surface area contributed by atoms with Crippen LogP contribution in [0, 0.1) is 0 Å². The van der Waals surface area contributed by atoms with E-state index in [1.807, 2.05) is 12.1 Å². The molecule has 0 unspecified atom stereocenters. The van der Waals surface area contributed by atoms with Gasteiger partial charge in [0.15, 0.2) is 5.82 Å². The highest BCUT2D eigenvalue weighted by Crippen LogP contribution is 2.31. The highest BCUT2D eigenvalue weighted by Gasteiger charge is 2.23. The molecule has 1 aliphatic rings. The number of nitrogens with zero attached hydrogens (tertiary/aromatic N) is 2. The fraction of sp³-hybridized carbons (Fsp3) is 0.429. The van der Waals surface area contributed by atoms with Crippen LogP contribution in [0.25, 0.3) is 11.4 Å². The summed E-state index contributed by atoms with van der Waals surface area (Å²) in [6.07, 6.45) is 4.21. The normalized spacial score (nSPS) is 22.9. The van der Waals surface area contributed by atoms with Gasteiger partial charge in [-0.05, 0) is 43.9 Å². The van der Waals surface area contributed by atoms with Crippen molar-refractivity contribution in [2.75, 3.05) is 0 Å². The zero-order chi connectivity index (χ0) is 14.1. The van der Waals surface area contributed by atoms with Gasteiger partial charge in [-0.2, -0.15) is 5.10 Å². The Morgan fingerprint density at radius 2 is 1.70 bits per heavy atom. The smallest absolute Gasteiger partial charge is 0.181 e. The number of halogens is 2. The van der Waals surface area contributed by atoms with Crippen molar-refractivity contribution in [2.24, 2.45) is 5.73 Å². The molecule has 1 heterocycles. The Balaban J connectivity index is 1.83. The number of hydrogen-bond acceptors (Lipinski definition) is 3. The van der Waals surface area contributed by atoms with Crippen LogP contribution in [0.3, 0.4) is 0 Å². The minimum atomic E-state index is 0.334. The zero-order valence-corrected chi connectivity index (χ0v) is 12.5. The summed E-state index contributed by atoms with van der Waals surface area (Å²) in [6, 6.07) is 5.66. The number of hydrogen-bond donors (Lipinski definition) is 2. The Hall–Kier alpha value is -1.10. The molecule has 1 saturated carbocycles. The molecule has 0 saturated heterocycles. The molecule has 3 rings (SSSR count). The van der Waals surface area contributed by atoms with Crippen LogP contribution in [0.2, 0.25) is 10.0 Å². The van der Waals surface area contributed by atoms with Crippen LogP contribution in [0.4, 0.5) is 0 Å². The molecular formula is C14H16Cl2N4. The highest BCUT2D eigenvalue weighted by molar-refractivity contribution is 6.35. The van der Waals surface area contributed by atoms with Crippen LogP contribution >= 0.6 is 23.2 Å². The molecule has 0 aliphatic heterocycles. The Kier molecular flexibility index (Phi) is 3.96. The molecule has 1 aromatic heterocycles. The van der Waals surface area contributed by atoms with Gasteiger partial charge < -0.3 is 5.73 Å². The lowest BCUT2D eigenvalue weighted by molar-refractivity contribution is 0.385. The molecule has 0 atom stereocenters. The average molecular weight is 311 g/mol. The van der Waals surface area contributed by atoms with Crippen LogP contribution in [0.15, 0.2) is 18.2 Å². The Morgan fingerprint density at radius 3 is 2.35 bits per heavy atom. The second-order valence-electron chi connectivity index (χ2n) is 5.31. The summed E-state index contributed by atoms with van der Waals surface area (Å²) in [6.45, 7) is 0. The lowest BCUT2D eigenvalue weighted by Gasteiger charge is -2.23. The third kappa shape index (κ3) is 2.97. The quantitative estimate of drug-likeness (QED) is 0.887. The Labute approximate surface area is 127 Å². The fourth-order valence-electron chi connectivity index (χ4n) is 2.66. The number of aromatic nitrogens is 3. The van der Waals surface area contributed by atoms with Gasteiger partial charge >= 0.3 is 0 Å². The van der Waals surface area contributed by atoms with E-state index in [1.54, 1.807) is 6.07 Å². The summed E-state index contributed by atoms with van der Waals surface area (Å²) in [4.78, 5) is 4.59. The average Bonchev–Trinajstić information content (AvgIpc) is 2.88. The molecule has 0 amide bonds. The molecule has 0 spiro atoms. The summed E-state index contributed by atoms with van der Waals surface area (Å²) >= 11 is 12.0. The van der Waals surface area contributed by atoms with Gasteiger partial charge in [0.1, 0.15) is 5.82 Å². The maximum absolute atomic E-state index is 6.01. The molecule has 4 nitrogen and oxygen atoms in total. The van der Waals surface area contributed by atoms with Crippen molar-refractivity contribution in [3.8, 4) is 11.4 Å². The lowest BCUT2D eigenvalue weighted by atomic mass is 9.86. The number of nitrogens with two attached hydrogens (primary N) is 1. The molecule has 1 fully saturated rings. The van der Waals surface area contributed by atoms with E-state index in [4.69, 9.17) is 28.9 Å². The second-order valence-corrected chi connectivity index (χ2v) is 6.19. The zero-order valence-electron chi connectivity index (χ0n) is 10.9.